The molecule has 0 amide bonds. The van der Waals surface area contributed by atoms with E-state index in [-0.39, 0.29) is 11.7 Å². The molecule has 4 heteroatoms. The minimum absolute atomic E-state index is 0.00461. The van der Waals surface area contributed by atoms with Gasteiger partial charge in [-0.1, -0.05) is 20.8 Å². The van der Waals surface area contributed by atoms with Crippen LogP contribution in [0.25, 0.3) is 0 Å². The van der Waals surface area contributed by atoms with Crippen molar-refractivity contribution in [1.29, 1.82) is 0 Å². The third kappa shape index (κ3) is 1.81. The molecule has 1 fully saturated rings. The van der Waals surface area contributed by atoms with Crippen molar-refractivity contribution in [2.24, 2.45) is 16.7 Å². The van der Waals surface area contributed by atoms with Crippen molar-refractivity contribution in [3.63, 3.8) is 0 Å². The third-order valence-corrected chi connectivity index (χ3v) is 5.31. The van der Waals surface area contributed by atoms with Crippen LogP contribution < -0.4 is 0 Å². The lowest BCUT2D eigenvalue weighted by Gasteiger charge is -2.59. The van der Waals surface area contributed by atoms with Crippen LogP contribution in [0.1, 0.15) is 40.5 Å². The van der Waals surface area contributed by atoms with E-state index in [4.69, 9.17) is 0 Å². The lowest BCUT2D eigenvalue weighted by Crippen LogP contribution is -2.65. The first-order valence-electron chi connectivity index (χ1n) is 6.82. The summed E-state index contributed by atoms with van der Waals surface area (Å²) in [5, 5.41) is 30.7. The molecule has 2 aliphatic carbocycles. The van der Waals surface area contributed by atoms with Crippen LogP contribution in [0.4, 0.5) is 0 Å². The van der Waals surface area contributed by atoms with Crippen molar-refractivity contribution >= 4 is 5.78 Å². The Kier molecular flexibility index (Phi) is 3.20. The fourth-order valence-corrected chi connectivity index (χ4v) is 4.55. The van der Waals surface area contributed by atoms with Crippen LogP contribution in [-0.4, -0.2) is 39.4 Å². The van der Waals surface area contributed by atoms with Crippen LogP contribution in [0.2, 0.25) is 0 Å². The van der Waals surface area contributed by atoms with Crippen molar-refractivity contribution in [2.45, 2.75) is 52.2 Å². The molecule has 2 rings (SSSR count). The number of aliphatic hydroxyl groups is 3. The van der Waals surface area contributed by atoms with E-state index < -0.39 is 29.1 Å². The van der Waals surface area contributed by atoms with Gasteiger partial charge in [0.15, 0.2) is 5.78 Å². The number of aliphatic hydroxyl groups excluding tert-OH is 2. The van der Waals surface area contributed by atoms with Gasteiger partial charge in [0.25, 0.3) is 0 Å². The van der Waals surface area contributed by atoms with Crippen LogP contribution in [0, 0.1) is 16.7 Å². The Balaban J connectivity index is 2.64. The largest absolute Gasteiger partial charge is 0.393 e. The molecule has 0 aromatic heterocycles. The minimum atomic E-state index is -1.44. The predicted molar refractivity (Wildman–Crippen MR) is 71.4 cm³/mol. The highest BCUT2D eigenvalue weighted by Gasteiger charge is 2.63. The van der Waals surface area contributed by atoms with Crippen LogP contribution in [-0.2, 0) is 4.79 Å². The number of rotatable bonds is 1. The summed E-state index contributed by atoms with van der Waals surface area (Å²) < 4.78 is 0. The van der Waals surface area contributed by atoms with Gasteiger partial charge in [-0.2, -0.15) is 0 Å². The van der Waals surface area contributed by atoms with Crippen molar-refractivity contribution in [1.82, 2.24) is 0 Å². The predicted octanol–water partition coefficient (Wildman–Crippen LogP) is 1.04. The number of ketones is 1. The molecule has 3 N–H and O–H groups in total. The fraction of sp³-hybridized carbons (Fsp3) is 0.800. The maximum atomic E-state index is 12.4. The second-order valence-electron chi connectivity index (χ2n) is 7.15. The number of fused-ring (bicyclic) bond motifs is 1. The van der Waals surface area contributed by atoms with Gasteiger partial charge in [0.2, 0.25) is 0 Å². The van der Waals surface area contributed by atoms with Crippen LogP contribution in [0.5, 0.6) is 0 Å². The Morgan fingerprint density at radius 1 is 1.32 bits per heavy atom. The van der Waals surface area contributed by atoms with E-state index in [1.54, 1.807) is 6.92 Å². The second kappa shape index (κ2) is 4.14. The zero-order valence-corrected chi connectivity index (χ0v) is 12.1. The highest BCUT2D eigenvalue weighted by atomic mass is 16.3. The highest BCUT2D eigenvalue weighted by molar-refractivity contribution is 5.95. The molecule has 4 atom stereocenters. The van der Waals surface area contributed by atoms with Crippen LogP contribution >= 0.6 is 0 Å². The first kappa shape index (κ1) is 14.7. The summed E-state index contributed by atoms with van der Waals surface area (Å²) in [5.41, 5.74) is -2.18. The molecule has 0 unspecified atom stereocenters. The molecular formula is C15H24O4. The average molecular weight is 268 g/mol. The van der Waals surface area contributed by atoms with Gasteiger partial charge in [-0.3, -0.25) is 4.79 Å². The molecule has 0 heterocycles. The van der Waals surface area contributed by atoms with Crippen molar-refractivity contribution in [2.75, 3.05) is 6.61 Å². The summed E-state index contributed by atoms with van der Waals surface area (Å²) in [6, 6.07) is 0. The van der Waals surface area contributed by atoms with Gasteiger partial charge in [-0.15, -0.1) is 0 Å². The third-order valence-electron chi connectivity index (χ3n) is 5.31. The Labute approximate surface area is 114 Å². The Morgan fingerprint density at radius 2 is 1.89 bits per heavy atom. The second-order valence-corrected chi connectivity index (χ2v) is 7.15. The Bertz CT molecular complexity index is 439. The normalized spacial score (nSPS) is 45.6. The molecule has 0 aromatic rings. The number of hydrogen-bond donors (Lipinski definition) is 3. The van der Waals surface area contributed by atoms with Crippen molar-refractivity contribution in [3.05, 3.63) is 11.6 Å². The summed E-state index contributed by atoms with van der Waals surface area (Å²) >= 11 is 0. The van der Waals surface area contributed by atoms with E-state index in [0.717, 1.165) is 0 Å². The topological polar surface area (TPSA) is 77.8 Å². The molecule has 108 valence electrons. The molecule has 0 bridgehead atoms. The average Bonchev–Trinajstić information content (AvgIpc) is 2.22. The Hall–Kier alpha value is -0.710. The number of carbonyl (C=O) groups excluding carboxylic acids is 1. The number of carbonyl (C=O) groups is 1. The minimum Gasteiger partial charge on any atom is -0.393 e. The van der Waals surface area contributed by atoms with Crippen LogP contribution in [0.15, 0.2) is 11.6 Å². The van der Waals surface area contributed by atoms with Gasteiger partial charge in [0.1, 0.15) is 5.60 Å². The van der Waals surface area contributed by atoms with Gasteiger partial charge in [0, 0.05) is 11.3 Å². The zero-order valence-electron chi connectivity index (χ0n) is 12.1. The summed E-state index contributed by atoms with van der Waals surface area (Å²) in [5.74, 6) is -0.390. The molecule has 0 spiro atoms. The first-order valence-corrected chi connectivity index (χ1v) is 6.82. The maximum Gasteiger partial charge on any atom is 0.160 e. The van der Waals surface area contributed by atoms with E-state index in [1.165, 1.54) is 6.08 Å². The quantitative estimate of drug-likeness (QED) is 0.664. The SMILES string of the molecule is CC1=CC(=O)[C@@H]2C(C)(C)C[C@H](O)C[C@@]2(C)[C@@]1(O)CO. The van der Waals surface area contributed by atoms with Gasteiger partial charge >= 0.3 is 0 Å². The van der Waals surface area contributed by atoms with E-state index >= 15 is 0 Å². The van der Waals surface area contributed by atoms with Gasteiger partial charge in [0.05, 0.1) is 12.7 Å². The molecule has 0 radical (unpaired) electrons. The zero-order chi connectivity index (χ0) is 14.6. The summed E-state index contributed by atoms with van der Waals surface area (Å²) in [6.45, 7) is 6.94. The molecule has 0 aromatic carbocycles. The van der Waals surface area contributed by atoms with E-state index in [0.29, 0.717) is 18.4 Å². The van der Waals surface area contributed by atoms with Crippen molar-refractivity contribution < 1.29 is 20.1 Å². The molecule has 4 nitrogen and oxygen atoms in total. The fourth-order valence-electron chi connectivity index (χ4n) is 4.55. The summed E-state index contributed by atoms with van der Waals surface area (Å²) in [4.78, 5) is 12.4. The van der Waals surface area contributed by atoms with Crippen LogP contribution in [0.3, 0.4) is 0 Å². The molecule has 2 aliphatic rings. The Morgan fingerprint density at radius 3 is 2.42 bits per heavy atom. The number of hydrogen-bond acceptors (Lipinski definition) is 4. The molecule has 1 saturated carbocycles. The lowest BCUT2D eigenvalue weighted by molar-refractivity contribution is -0.186. The maximum absolute atomic E-state index is 12.4. The van der Waals surface area contributed by atoms with Gasteiger partial charge in [-0.05, 0) is 36.8 Å². The molecular weight excluding hydrogens is 244 g/mol. The molecule has 19 heavy (non-hydrogen) atoms. The van der Waals surface area contributed by atoms with Crippen molar-refractivity contribution in [3.8, 4) is 0 Å². The molecule has 0 aliphatic heterocycles. The van der Waals surface area contributed by atoms with Gasteiger partial charge < -0.3 is 15.3 Å². The van der Waals surface area contributed by atoms with Gasteiger partial charge in [-0.25, -0.2) is 0 Å². The standard InChI is InChI=1S/C15H24O4/c1-9-5-11(18)12-13(2,3)6-10(17)7-14(12,4)15(9,19)8-16/h5,10,12,16-17,19H,6-8H2,1-4H3/t10-,12+,14+,15+/m0/s1. The van der Waals surface area contributed by atoms with E-state index in [2.05, 4.69) is 0 Å². The first-order chi connectivity index (χ1) is 8.58. The monoisotopic (exact) mass is 268 g/mol. The van der Waals surface area contributed by atoms with E-state index in [1.807, 2.05) is 20.8 Å². The summed E-state index contributed by atoms with van der Waals surface area (Å²) in [7, 11) is 0. The lowest BCUT2D eigenvalue weighted by atomic mass is 9.46. The molecule has 0 saturated heterocycles. The van der Waals surface area contributed by atoms with E-state index in [9.17, 15) is 20.1 Å². The smallest absolute Gasteiger partial charge is 0.160 e. The summed E-state index contributed by atoms with van der Waals surface area (Å²) in [6.07, 6.45) is 1.76. The highest BCUT2D eigenvalue weighted by Crippen LogP contribution is 2.59. The number of allylic oxidation sites excluding steroid dienone is 1.